The second kappa shape index (κ2) is 7.98. The van der Waals surface area contributed by atoms with Gasteiger partial charge in [0.2, 0.25) is 0 Å². The van der Waals surface area contributed by atoms with Crippen LogP contribution in [0.3, 0.4) is 0 Å². The Hall–Kier alpha value is -1.19. The first kappa shape index (κ1) is 15.8. The molecule has 4 heteroatoms. The van der Waals surface area contributed by atoms with Crippen LogP contribution < -0.4 is 0 Å². The van der Waals surface area contributed by atoms with Gasteiger partial charge in [0.05, 0.1) is 6.61 Å². The van der Waals surface area contributed by atoms with Gasteiger partial charge in [-0.3, -0.25) is 4.79 Å². The molecule has 98 valence electrons. The molecule has 17 heavy (non-hydrogen) atoms. The molecule has 1 atom stereocenters. The average molecular weight is 241 g/mol. The largest absolute Gasteiger partial charge is 0.465 e. The molecule has 0 aliphatic rings. The number of esters is 1. The van der Waals surface area contributed by atoms with Gasteiger partial charge >= 0.3 is 5.97 Å². The molecule has 0 bridgehead atoms. The maximum atomic E-state index is 12.1. The van der Waals surface area contributed by atoms with Crippen LogP contribution in [0.15, 0.2) is 16.8 Å². The fourth-order valence-electron chi connectivity index (χ4n) is 2.04. The highest BCUT2D eigenvalue weighted by Gasteiger charge is 2.41. The Morgan fingerprint density at radius 3 is 2.41 bits per heavy atom. The molecule has 4 nitrogen and oxygen atoms in total. The van der Waals surface area contributed by atoms with Crippen molar-refractivity contribution >= 4 is 5.97 Å². The second-order valence-corrected chi connectivity index (χ2v) is 4.14. The number of hydrogen-bond donors (Lipinski definition) is 0. The first-order chi connectivity index (χ1) is 8.08. The van der Waals surface area contributed by atoms with Crippen molar-refractivity contribution in [3.8, 4) is 0 Å². The van der Waals surface area contributed by atoms with Crippen molar-refractivity contribution in [2.24, 2.45) is 10.6 Å². The zero-order valence-electron chi connectivity index (χ0n) is 11.3. The molecule has 0 aromatic carbocycles. The van der Waals surface area contributed by atoms with Crippen LogP contribution in [0.5, 0.6) is 0 Å². The van der Waals surface area contributed by atoms with Crippen LogP contribution in [0, 0.1) is 10.3 Å². The van der Waals surface area contributed by atoms with Gasteiger partial charge in [-0.1, -0.05) is 37.1 Å². The highest BCUT2D eigenvalue weighted by Crippen LogP contribution is 2.35. The Morgan fingerprint density at radius 1 is 1.35 bits per heavy atom. The van der Waals surface area contributed by atoms with Crippen molar-refractivity contribution < 1.29 is 9.53 Å². The van der Waals surface area contributed by atoms with E-state index >= 15 is 0 Å². The highest BCUT2D eigenvalue weighted by atomic mass is 16.5. The van der Waals surface area contributed by atoms with Gasteiger partial charge < -0.3 is 4.74 Å². The number of allylic oxidation sites excluding steroid dienone is 1. The van der Waals surface area contributed by atoms with E-state index in [4.69, 9.17) is 4.74 Å². The van der Waals surface area contributed by atoms with Gasteiger partial charge in [0, 0.05) is 0 Å². The fraction of sp³-hybridized carbons (Fsp3) is 0.769. The van der Waals surface area contributed by atoms with E-state index in [1.807, 2.05) is 26.8 Å². The molecular formula is C13H23NO3. The maximum absolute atomic E-state index is 12.1. The zero-order valence-corrected chi connectivity index (χ0v) is 11.3. The topological polar surface area (TPSA) is 55.7 Å². The van der Waals surface area contributed by atoms with Crippen LogP contribution >= 0.6 is 0 Å². The third kappa shape index (κ3) is 3.95. The summed E-state index contributed by atoms with van der Waals surface area (Å²) in [6.07, 6.45) is 4.20. The summed E-state index contributed by atoms with van der Waals surface area (Å²) in [7, 11) is 0. The van der Waals surface area contributed by atoms with Crippen LogP contribution in [0.25, 0.3) is 0 Å². The Labute approximate surface area is 103 Å². The van der Waals surface area contributed by atoms with E-state index in [1.165, 1.54) is 0 Å². The molecule has 0 spiro atoms. The SMILES string of the molecule is CC/C=C(/C)[C@](CCC)(CN=O)C(=O)OCC. The summed E-state index contributed by atoms with van der Waals surface area (Å²) in [4.78, 5) is 22.7. The van der Waals surface area contributed by atoms with E-state index in [1.54, 1.807) is 6.92 Å². The van der Waals surface area contributed by atoms with E-state index in [9.17, 15) is 9.70 Å². The molecule has 0 aliphatic carbocycles. The summed E-state index contributed by atoms with van der Waals surface area (Å²) in [6, 6.07) is 0. The molecule has 0 radical (unpaired) electrons. The third-order valence-corrected chi connectivity index (χ3v) is 2.94. The Bertz CT molecular complexity index is 286. The summed E-state index contributed by atoms with van der Waals surface area (Å²) in [6.45, 7) is 7.91. The summed E-state index contributed by atoms with van der Waals surface area (Å²) in [5, 5.41) is 2.94. The second-order valence-electron chi connectivity index (χ2n) is 4.14. The normalized spacial score (nSPS) is 15.2. The minimum absolute atomic E-state index is 0.0397. The summed E-state index contributed by atoms with van der Waals surface area (Å²) in [5.41, 5.74) is 0.0302. The number of carbonyl (C=O) groups is 1. The van der Waals surface area contributed by atoms with E-state index in [-0.39, 0.29) is 12.5 Å². The van der Waals surface area contributed by atoms with E-state index in [0.29, 0.717) is 13.0 Å². The van der Waals surface area contributed by atoms with E-state index < -0.39 is 5.41 Å². The zero-order chi connectivity index (χ0) is 13.3. The monoisotopic (exact) mass is 241 g/mol. The minimum Gasteiger partial charge on any atom is -0.465 e. The van der Waals surface area contributed by atoms with Gasteiger partial charge in [0.25, 0.3) is 0 Å². The third-order valence-electron chi connectivity index (χ3n) is 2.94. The standard InChI is InChI=1S/C13H23NO3/c1-5-8-11(4)13(9-6-2,10-14-16)12(15)17-7-3/h8H,5-7,9-10H2,1-4H3/b11-8-/t13-/m0/s1. The molecule has 0 unspecified atom stereocenters. The predicted molar refractivity (Wildman–Crippen MR) is 68.7 cm³/mol. The molecule has 0 heterocycles. The lowest BCUT2D eigenvalue weighted by Crippen LogP contribution is -2.37. The number of rotatable bonds is 8. The Morgan fingerprint density at radius 2 is 2.00 bits per heavy atom. The summed E-state index contributed by atoms with van der Waals surface area (Å²) in [5.74, 6) is -0.330. The van der Waals surface area contributed by atoms with Gasteiger partial charge in [0.1, 0.15) is 12.0 Å². The summed E-state index contributed by atoms with van der Waals surface area (Å²) >= 11 is 0. The number of nitrogens with zero attached hydrogens (tertiary/aromatic N) is 1. The molecule has 0 fully saturated rings. The van der Waals surface area contributed by atoms with Crippen molar-refractivity contribution in [3.05, 3.63) is 16.6 Å². The molecule has 0 amide bonds. The summed E-state index contributed by atoms with van der Waals surface area (Å²) < 4.78 is 5.10. The average Bonchev–Trinajstić information content (AvgIpc) is 2.29. The quantitative estimate of drug-likeness (QED) is 0.371. The molecule has 0 N–H and O–H groups in total. The van der Waals surface area contributed by atoms with Gasteiger partial charge in [0.15, 0.2) is 0 Å². The lowest BCUT2D eigenvalue weighted by Gasteiger charge is -2.29. The molecule has 0 aliphatic heterocycles. The van der Waals surface area contributed by atoms with Crippen molar-refractivity contribution in [2.45, 2.75) is 47.0 Å². The number of hydrogen-bond acceptors (Lipinski definition) is 4. The van der Waals surface area contributed by atoms with E-state index in [2.05, 4.69) is 5.18 Å². The van der Waals surface area contributed by atoms with Crippen LogP contribution in [0.2, 0.25) is 0 Å². The number of nitroso groups, excluding NO2 is 1. The Balaban J connectivity index is 5.31. The predicted octanol–water partition coefficient (Wildman–Crippen LogP) is 3.46. The smallest absolute Gasteiger partial charge is 0.318 e. The van der Waals surface area contributed by atoms with Crippen molar-refractivity contribution in [3.63, 3.8) is 0 Å². The van der Waals surface area contributed by atoms with Crippen LogP contribution in [-0.2, 0) is 9.53 Å². The lowest BCUT2D eigenvalue weighted by molar-refractivity contribution is -0.153. The van der Waals surface area contributed by atoms with Crippen molar-refractivity contribution in [2.75, 3.05) is 13.2 Å². The van der Waals surface area contributed by atoms with Gasteiger partial charge in [-0.2, -0.15) is 4.91 Å². The van der Waals surface area contributed by atoms with Crippen LogP contribution in [0.4, 0.5) is 0 Å². The molecule has 0 saturated heterocycles. The molecule has 0 rings (SSSR count). The molecule has 0 aromatic heterocycles. The molecule has 0 saturated carbocycles. The molecular weight excluding hydrogens is 218 g/mol. The van der Waals surface area contributed by atoms with Crippen LogP contribution in [0.1, 0.15) is 47.0 Å². The minimum atomic E-state index is -0.859. The van der Waals surface area contributed by atoms with Gasteiger partial charge in [-0.25, -0.2) is 0 Å². The number of ether oxygens (including phenoxy) is 1. The van der Waals surface area contributed by atoms with Crippen LogP contribution in [-0.4, -0.2) is 19.1 Å². The lowest BCUT2D eigenvalue weighted by atomic mass is 9.76. The Kier molecular flexibility index (Phi) is 7.42. The van der Waals surface area contributed by atoms with Crippen molar-refractivity contribution in [1.29, 1.82) is 0 Å². The highest BCUT2D eigenvalue weighted by molar-refractivity contribution is 5.81. The first-order valence-electron chi connectivity index (χ1n) is 6.22. The maximum Gasteiger partial charge on any atom is 0.318 e. The first-order valence-corrected chi connectivity index (χ1v) is 6.22. The van der Waals surface area contributed by atoms with Crippen molar-refractivity contribution in [1.82, 2.24) is 0 Å². The molecule has 0 aromatic rings. The number of carbonyl (C=O) groups excluding carboxylic acids is 1. The fourth-order valence-corrected chi connectivity index (χ4v) is 2.04. The van der Waals surface area contributed by atoms with E-state index in [0.717, 1.165) is 18.4 Å². The van der Waals surface area contributed by atoms with Gasteiger partial charge in [-0.05, 0) is 26.7 Å². The van der Waals surface area contributed by atoms with Gasteiger partial charge in [-0.15, -0.1) is 0 Å².